The van der Waals surface area contributed by atoms with Crippen molar-refractivity contribution in [3.63, 3.8) is 0 Å². The van der Waals surface area contributed by atoms with Crippen LogP contribution in [0.25, 0.3) is 22.3 Å². The average molecular weight is 524 g/mol. The standard InChI is InChI=1S/C29H29N7O3/c30-26-24-25(19-10-12-22(13-11-19)39-21-6-2-1-3-7-21)34-36(28(24)33-17-32-26)20-5-4-14-35(16-20)29(38)23(27(31)37)15-18-8-9-18/h1-3,6-7,10-13,15,17-18,20H,4-5,8-9,14,16H2,(H2,31,37)(H2,30,32,33)/t20-/m1/s1. The van der Waals surface area contributed by atoms with E-state index >= 15 is 0 Å². The van der Waals surface area contributed by atoms with Crippen molar-refractivity contribution in [2.75, 3.05) is 18.8 Å². The molecule has 198 valence electrons. The van der Waals surface area contributed by atoms with Gasteiger partial charge in [-0.05, 0) is 68.0 Å². The largest absolute Gasteiger partial charge is 0.457 e. The molecule has 0 radical (unpaired) electrons. The van der Waals surface area contributed by atoms with Gasteiger partial charge in [-0.15, -0.1) is 0 Å². The molecule has 2 aromatic carbocycles. The van der Waals surface area contributed by atoms with Gasteiger partial charge in [0.1, 0.15) is 34.9 Å². The van der Waals surface area contributed by atoms with Gasteiger partial charge in [0, 0.05) is 18.7 Å². The maximum absolute atomic E-state index is 13.3. The Balaban J connectivity index is 1.30. The van der Waals surface area contributed by atoms with Gasteiger partial charge in [0.15, 0.2) is 5.65 Å². The van der Waals surface area contributed by atoms with Crippen LogP contribution in [0.1, 0.15) is 31.7 Å². The number of primary amides is 1. The number of nitrogen functional groups attached to an aromatic ring is 1. The minimum atomic E-state index is -0.680. The van der Waals surface area contributed by atoms with Gasteiger partial charge in [0.2, 0.25) is 0 Å². The van der Waals surface area contributed by atoms with E-state index in [2.05, 4.69) is 9.97 Å². The van der Waals surface area contributed by atoms with E-state index in [0.717, 1.165) is 37.0 Å². The van der Waals surface area contributed by atoms with Gasteiger partial charge in [0.25, 0.3) is 11.8 Å². The van der Waals surface area contributed by atoms with E-state index in [9.17, 15) is 9.59 Å². The number of hydrogen-bond donors (Lipinski definition) is 2. The fourth-order valence-corrected chi connectivity index (χ4v) is 5.02. The van der Waals surface area contributed by atoms with E-state index < -0.39 is 5.91 Å². The number of rotatable bonds is 7. The van der Waals surface area contributed by atoms with Crippen molar-refractivity contribution in [1.82, 2.24) is 24.6 Å². The van der Waals surface area contributed by atoms with Crippen LogP contribution in [0, 0.1) is 5.92 Å². The molecule has 10 nitrogen and oxygen atoms in total. The smallest absolute Gasteiger partial charge is 0.259 e. The molecule has 2 amide bonds. The zero-order chi connectivity index (χ0) is 26.9. The third kappa shape index (κ3) is 5.05. The number of likely N-dealkylation sites (tertiary alicyclic amines) is 1. The molecule has 4 aromatic rings. The van der Waals surface area contributed by atoms with Crippen molar-refractivity contribution in [3.05, 3.63) is 72.6 Å². The van der Waals surface area contributed by atoms with E-state index in [0.29, 0.717) is 41.4 Å². The topological polar surface area (TPSA) is 142 Å². The number of carbonyl (C=O) groups is 2. The van der Waals surface area contributed by atoms with Gasteiger partial charge in [-0.2, -0.15) is 5.10 Å². The summed E-state index contributed by atoms with van der Waals surface area (Å²) in [5, 5.41) is 5.60. The molecule has 0 unspecified atom stereocenters. The molecular weight excluding hydrogens is 494 g/mol. The second kappa shape index (κ2) is 10.2. The van der Waals surface area contributed by atoms with Gasteiger partial charge >= 0.3 is 0 Å². The minimum Gasteiger partial charge on any atom is -0.457 e. The van der Waals surface area contributed by atoms with Crippen LogP contribution < -0.4 is 16.2 Å². The van der Waals surface area contributed by atoms with E-state index in [1.54, 1.807) is 11.0 Å². The summed E-state index contributed by atoms with van der Waals surface area (Å²) >= 11 is 0. The van der Waals surface area contributed by atoms with Crippen molar-refractivity contribution in [2.45, 2.75) is 31.7 Å². The second-order valence-corrected chi connectivity index (χ2v) is 10.0. The van der Waals surface area contributed by atoms with Crippen molar-refractivity contribution in [2.24, 2.45) is 11.7 Å². The Morgan fingerprint density at radius 1 is 0.974 bits per heavy atom. The number of allylic oxidation sites excluding steroid dienone is 1. The lowest BCUT2D eigenvalue weighted by molar-refractivity contribution is -0.131. The van der Waals surface area contributed by atoms with E-state index in [1.807, 2.05) is 59.3 Å². The van der Waals surface area contributed by atoms with E-state index in [4.69, 9.17) is 21.3 Å². The van der Waals surface area contributed by atoms with Gasteiger partial charge in [-0.3, -0.25) is 9.59 Å². The molecule has 1 aliphatic carbocycles. The molecule has 3 heterocycles. The highest BCUT2D eigenvalue weighted by Gasteiger charge is 2.32. The highest BCUT2D eigenvalue weighted by molar-refractivity contribution is 6.17. The number of ether oxygens (including phenoxy) is 1. The molecule has 1 saturated carbocycles. The molecule has 6 rings (SSSR count). The Hall–Kier alpha value is -4.73. The first-order chi connectivity index (χ1) is 19.0. The molecule has 1 atom stereocenters. The maximum Gasteiger partial charge on any atom is 0.259 e. The van der Waals surface area contributed by atoms with Crippen LogP contribution in [0.4, 0.5) is 5.82 Å². The summed E-state index contributed by atoms with van der Waals surface area (Å²) in [7, 11) is 0. The number of hydrogen-bond acceptors (Lipinski definition) is 7. The van der Waals surface area contributed by atoms with E-state index in [1.165, 1.54) is 6.33 Å². The normalized spacial score (nSPS) is 17.8. The molecule has 1 aliphatic heterocycles. The first kappa shape index (κ1) is 24.6. The SMILES string of the molecule is NC(=O)C(=CC1CC1)C(=O)N1CCC[C@@H](n2nc(-c3ccc(Oc4ccccc4)cc3)c3c(N)ncnc32)C1. The average Bonchev–Trinajstić information content (AvgIpc) is 3.70. The molecule has 0 spiro atoms. The Morgan fingerprint density at radius 2 is 1.72 bits per heavy atom. The summed E-state index contributed by atoms with van der Waals surface area (Å²) in [6, 6.07) is 17.0. The summed E-state index contributed by atoms with van der Waals surface area (Å²) < 4.78 is 7.77. The Morgan fingerprint density at radius 3 is 2.44 bits per heavy atom. The van der Waals surface area contributed by atoms with Gasteiger partial charge in [-0.25, -0.2) is 14.6 Å². The van der Waals surface area contributed by atoms with Gasteiger partial charge < -0.3 is 21.1 Å². The Bertz CT molecular complexity index is 1560. The van der Waals surface area contributed by atoms with Crippen molar-refractivity contribution in [1.29, 1.82) is 0 Å². The molecule has 1 saturated heterocycles. The fraction of sp³-hybridized carbons (Fsp3) is 0.276. The Kier molecular flexibility index (Phi) is 6.44. The minimum absolute atomic E-state index is 0.0774. The highest BCUT2D eigenvalue weighted by atomic mass is 16.5. The van der Waals surface area contributed by atoms with Crippen molar-refractivity contribution >= 4 is 28.7 Å². The number of amides is 2. The van der Waals surface area contributed by atoms with Crippen LogP contribution in [0.15, 0.2) is 72.6 Å². The lowest BCUT2D eigenvalue weighted by Crippen LogP contribution is -2.43. The zero-order valence-corrected chi connectivity index (χ0v) is 21.4. The highest BCUT2D eigenvalue weighted by Crippen LogP contribution is 2.35. The number of nitrogens with two attached hydrogens (primary N) is 2. The van der Waals surface area contributed by atoms with Crippen molar-refractivity contribution < 1.29 is 14.3 Å². The number of para-hydroxylation sites is 1. The summed E-state index contributed by atoms with van der Waals surface area (Å²) in [4.78, 5) is 35.7. The van der Waals surface area contributed by atoms with Gasteiger partial charge in [0.05, 0.1) is 11.4 Å². The van der Waals surface area contributed by atoms with Crippen LogP contribution in [0.2, 0.25) is 0 Å². The molecule has 39 heavy (non-hydrogen) atoms. The summed E-state index contributed by atoms with van der Waals surface area (Å²) in [5.41, 5.74) is 14.1. The zero-order valence-electron chi connectivity index (χ0n) is 21.4. The van der Waals surface area contributed by atoms with Crippen molar-refractivity contribution in [3.8, 4) is 22.8 Å². The quantitative estimate of drug-likeness (QED) is 0.213. The van der Waals surface area contributed by atoms with Crippen LogP contribution >= 0.6 is 0 Å². The maximum atomic E-state index is 13.3. The molecule has 2 aromatic heterocycles. The van der Waals surface area contributed by atoms with Crippen LogP contribution in [0.3, 0.4) is 0 Å². The number of carbonyl (C=O) groups excluding carboxylic acids is 2. The number of benzene rings is 2. The summed E-state index contributed by atoms with van der Waals surface area (Å²) in [6.45, 7) is 0.939. The molecule has 10 heteroatoms. The Labute approximate surface area is 225 Å². The lowest BCUT2D eigenvalue weighted by Gasteiger charge is -2.33. The van der Waals surface area contributed by atoms with Crippen LogP contribution in [-0.2, 0) is 9.59 Å². The number of piperidine rings is 1. The number of anilines is 1. The van der Waals surface area contributed by atoms with E-state index in [-0.39, 0.29) is 23.4 Å². The second-order valence-electron chi connectivity index (χ2n) is 10.0. The first-order valence-corrected chi connectivity index (χ1v) is 13.1. The summed E-state index contributed by atoms with van der Waals surface area (Å²) in [5.74, 6) is 1.04. The monoisotopic (exact) mass is 523 g/mol. The third-order valence-corrected chi connectivity index (χ3v) is 7.17. The fourth-order valence-electron chi connectivity index (χ4n) is 5.02. The molecule has 2 fully saturated rings. The van der Waals surface area contributed by atoms with Gasteiger partial charge in [-0.1, -0.05) is 24.3 Å². The third-order valence-electron chi connectivity index (χ3n) is 7.17. The lowest BCUT2D eigenvalue weighted by atomic mass is 10.0. The number of nitrogens with zero attached hydrogens (tertiary/aromatic N) is 5. The first-order valence-electron chi connectivity index (χ1n) is 13.1. The summed E-state index contributed by atoms with van der Waals surface area (Å²) in [6.07, 6.45) is 6.67. The number of fused-ring (bicyclic) bond motifs is 1. The predicted octanol–water partition coefficient (Wildman–Crippen LogP) is 3.85. The molecule has 2 aliphatic rings. The molecule has 4 N–H and O–H groups in total. The number of aromatic nitrogens is 4. The van der Waals surface area contributed by atoms with Crippen LogP contribution in [-0.4, -0.2) is 49.6 Å². The van der Waals surface area contributed by atoms with Crippen LogP contribution in [0.5, 0.6) is 11.5 Å². The molecule has 0 bridgehead atoms. The predicted molar refractivity (Wildman–Crippen MR) is 147 cm³/mol. The molecular formula is C29H29N7O3.